The molecule has 25 nitrogen and oxygen atoms in total. The van der Waals surface area contributed by atoms with Gasteiger partial charge in [-0.15, -0.1) is 0 Å². The van der Waals surface area contributed by atoms with Crippen LogP contribution in [0, 0.1) is 12.7 Å². The van der Waals surface area contributed by atoms with Gasteiger partial charge in [0.1, 0.15) is 31.2 Å². The molecule has 0 spiro atoms. The zero-order chi connectivity index (χ0) is 59.5. The molecule has 0 unspecified atom stereocenters. The molecule has 1 aliphatic carbocycles. The topological polar surface area (TPSA) is 343 Å². The Morgan fingerprint density at radius 2 is 1.55 bits per heavy atom. The Labute approximate surface area is 461 Å². The van der Waals surface area contributed by atoms with E-state index in [0.717, 1.165) is 30.2 Å². The second-order valence-corrected chi connectivity index (χ2v) is 19.6. The lowest BCUT2D eigenvalue weighted by Crippen LogP contribution is -2.56. The van der Waals surface area contributed by atoms with Gasteiger partial charge in [-0.05, 0) is 54.5 Å². The van der Waals surface area contributed by atoms with E-state index in [9.17, 15) is 71.0 Å². The fourth-order valence-electron chi connectivity index (χ4n) is 10.3. The number of rotatable bonds is 22. The van der Waals surface area contributed by atoms with Gasteiger partial charge in [0.15, 0.2) is 5.60 Å². The number of fused-ring (bicyclic) bond motifs is 5. The number of benzene rings is 2. The molecular weight excluding hydrogens is 1090 g/mol. The normalized spacial score (nSPS) is 17.9. The van der Waals surface area contributed by atoms with Gasteiger partial charge >= 0.3 is 18.1 Å². The number of carbonyl (C=O) groups is 10. The van der Waals surface area contributed by atoms with E-state index >= 15 is 4.39 Å². The number of pyridine rings is 2. The lowest BCUT2D eigenvalue weighted by atomic mass is 9.81. The molecule has 8 N–H and O–H groups in total. The second kappa shape index (κ2) is 24.0. The summed E-state index contributed by atoms with van der Waals surface area (Å²) < 4.78 is 71.6. The number of aryl methyl sites for hydroxylation is 1. The maximum Gasteiger partial charge on any atom is 0.423 e. The number of halogens is 4. The summed E-state index contributed by atoms with van der Waals surface area (Å²) in [5, 5.41) is 34.3. The van der Waals surface area contributed by atoms with Crippen molar-refractivity contribution in [2.45, 2.75) is 88.7 Å². The highest BCUT2D eigenvalue weighted by Gasteiger charge is 2.50. The van der Waals surface area contributed by atoms with E-state index in [1.54, 1.807) is 30.3 Å². The molecular formula is C53H54F4N10O15. The van der Waals surface area contributed by atoms with Gasteiger partial charge < -0.3 is 61.1 Å². The van der Waals surface area contributed by atoms with E-state index in [-0.39, 0.29) is 65.8 Å². The van der Waals surface area contributed by atoms with E-state index < -0.39 is 153 Å². The minimum absolute atomic E-state index is 0.00273. The molecule has 8 rings (SSSR count). The molecule has 0 saturated carbocycles. The lowest BCUT2D eigenvalue weighted by molar-refractivity contribution is -0.225. The summed E-state index contributed by atoms with van der Waals surface area (Å²) in [7, 11) is 1.12. The fourth-order valence-corrected chi connectivity index (χ4v) is 10.3. The summed E-state index contributed by atoms with van der Waals surface area (Å²) in [6.45, 7) is -2.31. The predicted molar refractivity (Wildman–Crippen MR) is 273 cm³/mol. The Bertz CT molecular complexity index is 3410. The summed E-state index contributed by atoms with van der Waals surface area (Å²) in [5.74, 6) is -11.1. The molecule has 4 aliphatic rings. The quantitative estimate of drug-likeness (QED) is 0.0179. The molecule has 434 valence electrons. The molecule has 2 aromatic heterocycles. The average Bonchev–Trinajstić information content (AvgIpc) is 2.07. The number of nitrogens with one attached hydrogen (secondary N) is 6. The summed E-state index contributed by atoms with van der Waals surface area (Å²) in [5.41, 5.74) is -0.608. The third-order valence-electron chi connectivity index (χ3n) is 14.5. The number of cyclic esters (lactones) is 1. The van der Waals surface area contributed by atoms with E-state index in [1.807, 2.05) is 0 Å². The molecule has 8 amide bonds. The first-order valence-corrected chi connectivity index (χ1v) is 25.5. The average molecular weight is 1150 g/mol. The number of imide groups is 1. The SMILES string of the molecule is CC[C@@]1(O)C(=O)OCc2c1cc1n(c2=O)Cc2c-1nc1cc(F)c(C)c3c1c2[C@@H](N(C)C(=O)[C@H](OCNC(=O)CNC(=O)[C@H](Cc1ccccc1)NC(=O)CNC(=O)CNC(=O)[C@H](CNCC(=O)O)N1C(=O)C=CC1=O)C(F)(F)F)CC3. The number of aromatic nitrogens is 2. The first kappa shape index (κ1) is 59.2. The van der Waals surface area contributed by atoms with Crippen LogP contribution >= 0.6 is 0 Å². The number of hydrogen-bond acceptors (Lipinski definition) is 16. The van der Waals surface area contributed by atoms with Gasteiger partial charge in [0.2, 0.25) is 35.6 Å². The number of ether oxygens (including phenoxy) is 2. The number of amides is 8. The van der Waals surface area contributed by atoms with Crippen LogP contribution in [0.5, 0.6) is 0 Å². The molecule has 5 heterocycles. The van der Waals surface area contributed by atoms with Crippen LogP contribution in [0.3, 0.4) is 0 Å². The summed E-state index contributed by atoms with van der Waals surface area (Å²) in [6.07, 6.45) is -6.97. The molecule has 0 radical (unpaired) electrons. The Kier molecular flexibility index (Phi) is 17.3. The van der Waals surface area contributed by atoms with Crippen LogP contribution < -0.4 is 37.5 Å². The Hall–Kier alpha value is -8.96. The molecule has 0 bridgehead atoms. The number of carbonyl (C=O) groups excluding carboxylic acids is 9. The smallest absolute Gasteiger partial charge is 0.423 e. The second-order valence-electron chi connectivity index (χ2n) is 19.6. The number of aliphatic carboxylic acids is 1. The van der Waals surface area contributed by atoms with E-state index in [0.29, 0.717) is 32.5 Å². The van der Waals surface area contributed by atoms with Crippen molar-refractivity contribution in [1.29, 1.82) is 0 Å². The monoisotopic (exact) mass is 1150 g/mol. The van der Waals surface area contributed by atoms with Crippen LogP contribution in [-0.4, -0.2) is 160 Å². The number of carboxylic acid groups (broad SMARTS) is 1. The van der Waals surface area contributed by atoms with Crippen LogP contribution in [0.15, 0.2) is 59.4 Å². The van der Waals surface area contributed by atoms with Crippen molar-refractivity contribution in [2.75, 3.05) is 46.5 Å². The van der Waals surface area contributed by atoms with Crippen LogP contribution in [-0.2, 0) is 89.0 Å². The van der Waals surface area contributed by atoms with Gasteiger partial charge in [-0.25, -0.2) is 14.2 Å². The number of hydrogen-bond donors (Lipinski definition) is 8. The molecule has 3 aliphatic heterocycles. The summed E-state index contributed by atoms with van der Waals surface area (Å²) >= 11 is 0. The molecule has 0 fully saturated rings. The number of esters is 1. The number of alkyl halides is 3. The van der Waals surface area contributed by atoms with Gasteiger partial charge in [0, 0.05) is 54.7 Å². The zero-order valence-corrected chi connectivity index (χ0v) is 44.0. The van der Waals surface area contributed by atoms with Crippen molar-refractivity contribution in [3.63, 3.8) is 0 Å². The maximum absolute atomic E-state index is 15.5. The van der Waals surface area contributed by atoms with Crippen LogP contribution in [0.2, 0.25) is 0 Å². The number of likely N-dealkylation sites (N-methyl/N-ethyl adjacent to an activating group) is 1. The number of carboxylic acids is 1. The molecule has 5 atom stereocenters. The van der Waals surface area contributed by atoms with Gasteiger partial charge in [0.05, 0.1) is 61.2 Å². The largest absolute Gasteiger partial charge is 0.480 e. The van der Waals surface area contributed by atoms with Crippen molar-refractivity contribution in [3.05, 3.63) is 110 Å². The molecule has 29 heteroatoms. The maximum atomic E-state index is 15.5. The predicted octanol–water partition coefficient (Wildman–Crippen LogP) is -0.962. The highest BCUT2D eigenvalue weighted by atomic mass is 19.4. The van der Waals surface area contributed by atoms with Crippen LogP contribution in [0.4, 0.5) is 17.6 Å². The van der Waals surface area contributed by atoms with Crippen LogP contribution in [0.25, 0.3) is 22.3 Å². The molecule has 0 saturated heterocycles. The highest BCUT2D eigenvalue weighted by molar-refractivity contribution is 6.15. The Balaban J connectivity index is 0.898. The van der Waals surface area contributed by atoms with E-state index in [1.165, 1.54) is 24.5 Å². The van der Waals surface area contributed by atoms with Crippen molar-refractivity contribution >= 4 is 70.1 Å². The summed E-state index contributed by atoms with van der Waals surface area (Å²) in [6, 6.07) is 6.61. The van der Waals surface area contributed by atoms with Crippen molar-refractivity contribution in [3.8, 4) is 11.4 Å². The third-order valence-corrected chi connectivity index (χ3v) is 14.5. The van der Waals surface area contributed by atoms with Gasteiger partial charge in [-0.3, -0.25) is 52.8 Å². The van der Waals surface area contributed by atoms with Gasteiger partial charge in [-0.2, -0.15) is 13.2 Å². The summed E-state index contributed by atoms with van der Waals surface area (Å²) in [4.78, 5) is 148. The molecule has 4 aromatic rings. The lowest BCUT2D eigenvalue weighted by Gasteiger charge is -2.37. The minimum Gasteiger partial charge on any atom is -0.480 e. The van der Waals surface area contributed by atoms with E-state index in [2.05, 4.69) is 31.9 Å². The first-order chi connectivity index (χ1) is 38.8. The van der Waals surface area contributed by atoms with E-state index in [4.69, 9.17) is 19.6 Å². The van der Waals surface area contributed by atoms with Crippen molar-refractivity contribution < 1.29 is 85.2 Å². The van der Waals surface area contributed by atoms with Gasteiger partial charge in [0.25, 0.3) is 23.3 Å². The van der Waals surface area contributed by atoms with Gasteiger partial charge in [-0.1, -0.05) is 37.3 Å². The van der Waals surface area contributed by atoms with Crippen molar-refractivity contribution in [2.24, 2.45) is 0 Å². The Morgan fingerprint density at radius 1 is 0.890 bits per heavy atom. The zero-order valence-electron chi connectivity index (χ0n) is 44.0. The third kappa shape index (κ3) is 12.1. The first-order valence-electron chi connectivity index (χ1n) is 25.5. The van der Waals surface area contributed by atoms with Crippen LogP contribution in [0.1, 0.15) is 64.8 Å². The van der Waals surface area contributed by atoms with Crippen molar-refractivity contribution in [1.82, 2.24) is 51.3 Å². The standard InChI is InChI=1S/C53H54F4N10O15/c1-4-52(80)30-15-35-45-28(22-66(35)49(77)29(30)23-81-51(52)79)44-34(11-10-27-25(2)31(54)16-32(64-45)43(27)44)65(3)50(78)46(53(55,56)57)82-24-62-38(69)19-60-47(75)33(14-26-8-6-5-7-9-26)63-39(70)20-59-37(68)18-61-48(76)36(17-58-21-42(73)74)67-40(71)12-13-41(67)72/h5-9,12-13,15-16,33-34,36,46,58,80H,4,10-11,14,17-24H2,1-3H3,(H,59,68)(H,60,75)(H,61,76)(H,62,69)(H,63,70)(H,73,74)/t33-,34-,36-,46-,52-/m0/s1. The minimum atomic E-state index is -5.36. The Morgan fingerprint density at radius 3 is 2.21 bits per heavy atom. The molecule has 2 aromatic carbocycles. The highest BCUT2D eigenvalue weighted by Crippen LogP contribution is 2.48. The number of nitrogens with zero attached hydrogens (tertiary/aromatic N) is 4. The number of aliphatic hydroxyl groups is 1. The fraction of sp³-hybridized carbons (Fsp3) is 0.396. The molecule has 82 heavy (non-hydrogen) atoms.